The van der Waals surface area contributed by atoms with Crippen molar-refractivity contribution in [2.45, 2.75) is 16.7 Å². The van der Waals surface area contributed by atoms with Crippen LogP contribution in [-0.2, 0) is 20.8 Å². The van der Waals surface area contributed by atoms with Crippen LogP contribution in [0.4, 0.5) is 4.39 Å². The lowest BCUT2D eigenvalue weighted by Gasteiger charge is -2.09. The largest absolute Gasteiger partial charge is 0.254 e. The van der Waals surface area contributed by atoms with E-state index in [1.807, 2.05) is 6.07 Å². The molecule has 0 bridgehead atoms. The van der Waals surface area contributed by atoms with Gasteiger partial charge in [-0.3, -0.25) is 4.21 Å². The molecular weight excluding hydrogens is 325 g/mol. The topological polar surface area (TPSA) is 63.2 Å². The van der Waals surface area contributed by atoms with Gasteiger partial charge in [0.05, 0.1) is 15.7 Å². The quantitative estimate of drug-likeness (QED) is 0.876. The number of hydrogen-bond donors (Lipinski definition) is 1. The molecule has 0 unspecified atom stereocenters. The highest BCUT2D eigenvalue weighted by molar-refractivity contribution is 7.89. The zero-order valence-electron chi connectivity index (χ0n) is 12.0. The average molecular weight is 341 g/mol. The SMILES string of the molecule is Cc1c(F)cccc1S(=O)(=O)NCC[S@](=O)c1ccccc1. The Hall–Kier alpha value is -1.57. The molecule has 7 heteroatoms. The molecule has 0 amide bonds. The van der Waals surface area contributed by atoms with Gasteiger partial charge in [0.25, 0.3) is 0 Å². The second kappa shape index (κ2) is 7.13. The molecule has 0 radical (unpaired) electrons. The first-order valence-electron chi connectivity index (χ1n) is 6.60. The summed E-state index contributed by atoms with van der Waals surface area (Å²) in [5.41, 5.74) is 0.0687. The fourth-order valence-corrected chi connectivity index (χ4v) is 4.31. The van der Waals surface area contributed by atoms with Crippen molar-refractivity contribution in [1.29, 1.82) is 0 Å². The zero-order valence-corrected chi connectivity index (χ0v) is 13.6. The summed E-state index contributed by atoms with van der Waals surface area (Å²) < 4.78 is 52.1. The molecule has 0 aliphatic rings. The van der Waals surface area contributed by atoms with Crippen molar-refractivity contribution in [3.05, 3.63) is 59.9 Å². The molecule has 4 nitrogen and oxygen atoms in total. The summed E-state index contributed by atoms with van der Waals surface area (Å²) in [6, 6.07) is 12.7. The van der Waals surface area contributed by atoms with E-state index in [1.165, 1.54) is 25.1 Å². The summed E-state index contributed by atoms with van der Waals surface area (Å²) in [6.07, 6.45) is 0. The van der Waals surface area contributed by atoms with Crippen molar-refractivity contribution in [3.8, 4) is 0 Å². The van der Waals surface area contributed by atoms with Crippen LogP contribution < -0.4 is 4.72 Å². The number of nitrogens with one attached hydrogen (secondary N) is 1. The highest BCUT2D eigenvalue weighted by Crippen LogP contribution is 2.17. The summed E-state index contributed by atoms with van der Waals surface area (Å²) in [7, 11) is -5.10. The Kier molecular flexibility index (Phi) is 5.44. The van der Waals surface area contributed by atoms with Crippen LogP contribution in [0.25, 0.3) is 0 Å². The van der Waals surface area contributed by atoms with Crippen LogP contribution in [0.5, 0.6) is 0 Å². The van der Waals surface area contributed by atoms with Crippen LogP contribution in [0.3, 0.4) is 0 Å². The third-order valence-corrected chi connectivity index (χ3v) is 6.07. The first-order valence-corrected chi connectivity index (χ1v) is 9.40. The molecule has 1 N–H and O–H groups in total. The van der Waals surface area contributed by atoms with Gasteiger partial charge in [-0.05, 0) is 31.2 Å². The fraction of sp³-hybridized carbons (Fsp3) is 0.200. The van der Waals surface area contributed by atoms with Gasteiger partial charge in [0, 0.05) is 22.8 Å². The molecule has 0 saturated heterocycles. The van der Waals surface area contributed by atoms with Crippen molar-refractivity contribution in [1.82, 2.24) is 4.72 Å². The average Bonchev–Trinajstić information content (AvgIpc) is 2.50. The molecule has 2 aromatic rings. The second-order valence-electron chi connectivity index (χ2n) is 4.62. The minimum absolute atomic E-state index is 0.0137. The molecule has 1 atom stereocenters. The number of rotatable bonds is 6. The highest BCUT2D eigenvalue weighted by Gasteiger charge is 2.18. The van der Waals surface area contributed by atoms with E-state index in [2.05, 4.69) is 4.72 Å². The van der Waals surface area contributed by atoms with Gasteiger partial charge in [-0.15, -0.1) is 0 Å². The Bertz CT molecular complexity index is 777. The van der Waals surface area contributed by atoms with E-state index in [4.69, 9.17) is 0 Å². The molecule has 2 rings (SSSR count). The molecular formula is C15H16FNO3S2. The zero-order chi connectivity index (χ0) is 16.2. The summed E-state index contributed by atoms with van der Waals surface area (Å²) in [5, 5.41) is 0. The standard InChI is InChI=1S/C15H16FNO3S2/c1-12-14(16)8-5-9-15(12)22(19,20)17-10-11-21(18)13-6-3-2-4-7-13/h2-9,17H,10-11H2,1H3/t21-/m0/s1. The lowest BCUT2D eigenvalue weighted by atomic mass is 10.2. The number of hydrogen-bond acceptors (Lipinski definition) is 3. The number of sulfonamides is 1. The predicted molar refractivity (Wildman–Crippen MR) is 84.0 cm³/mol. The van der Waals surface area contributed by atoms with Crippen molar-refractivity contribution in [2.24, 2.45) is 0 Å². The van der Waals surface area contributed by atoms with Gasteiger partial charge in [-0.1, -0.05) is 24.3 Å². The Labute approximate surface area is 131 Å². The van der Waals surface area contributed by atoms with E-state index in [1.54, 1.807) is 24.3 Å². The van der Waals surface area contributed by atoms with Gasteiger partial charge in [-0.2, -0.15) is 0 Å². The third-order valence-electron chi connectivity index (χ3n) is 3.09. The molecule has 2 aromatic carbocycles. The maximum Gasteiger partial charge on any atom is 0.240 e. The highest BCUT2D eigenvalue weighted by atomic mass is 32.2. The number of halogens is 1. The minimum atomic E-state index is -3.82. The van der Waals surface area contributed by atoms with Gasteiger partial charge in [0.15, 0.2) is 0 Å². The van der Waals surface area contributed by atoms with Gasteiger partial charge >= 0.3 is 0 Å². The predicted octanol–water partition coefficient (Wildman–Crippen LogP) is 2.22. The molecule has 0 aliphatic heterocycles. The van der Waals surface area contributed by atoms with E-state index < -0.39 is 26.6 Å². The van der Waals surface area contributed by atoms with Crippen molar-refractivity contribution in [3.63, 3.8) is 0 Å². The molecule has 22 heavy (non-hydrogen) atoms. The van der Waals surface area contributed by atoms with Crippen LogP contribution in [0, 0.1) is 12.7 Å². The lowest BCUT2D eigenvalue weighted by molar-refractivity contribution is 0.576. The third kappa shape index (κ3) is 4.00. The summed E-state index contributed by atoms with van der Waals surface area (Å²) in [4.78, 5) is 0.543. The second-order valence-corrected chi connectivity index (χ2v) is 7.93. The molecule has 0 heterocycles. The Morgan fingerprint density at radius 1 is 1.09 bits per heavy atom. The first-order chi connectivity index (χ1) is 10.4. The normalized spacial score (nSPS) is 13.0. The lowest BCUT2D eigenvalue weighted by Crippen LogP contribution is -2.28. The Morgan fingerprint density at radius 3 is 2.45 bits per heavy atom. The summed E-state index contributed by atoms with van der Waals surface area (Å²) >= 11 is 0. The van der Waals surface area contributed by atoms with Crippen LogP contribution >= 0.6 is 0 Å². The van der Waals surface area contributed by atoms with Gasteiger partial charge in [0.2, 0.25) is 10.0 Å². The maximum atomic E-state index is 13.4. The molecule has 0 aliphatic carbocycles. The van der Waals surface area contributed by atoms with Crippen molar-refractivity contribution >= 4 is 20.8 Å². The van der Waals surface area contributed by atoms with Crippen molar-refractivity contribution in [2.75, 3.05) is 12.3 Å². The summed E-state index contributed by atoms with van der Waals surface area (Å²) in [6.45, 7) is 1.42. The smallest absolute Gasteiger partial charge is 0.240 e. The monoisotopic (exact) mass is 341 g/mol. The van der Waals surface area contributed by atoms with Crippen LogP contribution in [0.15, 0.2) is 58.3 Å². The Morgan fingerprint density at radius 2 is 1.77 bits per heavy atom. The number of benzene rings is 2. The molecule has 0 saturated carbocycles. The summed E-state index contributed by atoms with van der Waals surface area (Å²) in [5.74, 6) is -0.423. The van der Waals surface area contributed by atoms with Crippen molar-refractivity contribution < 1.29 is 17.0 Å². The molecule has 0 fully saturated rings. The molecule has 118 valence electrons. The first kappa shape index (κ1) is 16.8. The Balaban J connectivity index is 2.02. The van der Waals surface area contributed by atoms with Crippen LogP contribution in [0.1, 0.15) is 5.56 Å². The van der Waals surface area contributed by atoms with E-state index in [-0.39, 0.29) is 22.8 Å². The maximum absolute atomic E-state index is 13.4. The van der Waals surface area contributed by atoms with E-state index in [0.717, 1.165) is 0 Å². The van der Waals surface area contributed by atoms with E-state index in [9.17, 15) is 17.0 Å². The molecule has 0 spiro atoms. The minimum Gasteiger partial charge on any atom is -0.254 e. The van der Waals surface area contributed by atoms with E-state index in [0.29, 0.717) is 4.90 Å². The molecule has 0 aromatic heterocycles. The van der Waals surface area contributed by atoms with Gasteiger partial charge in [-0.25, -0.2) is 17.5 Å². The van der Waals surface area contributed by atoms with Gasteiger partial charge < -0.3 is 0 Å². The fourth-order valence-electron chi connectivity index (χ4n) is 1.92. The van der Waals surface area contributed by atoms with Crippen LogP contribution in [0.2, 0.25) is 0 Å². The van der Waals surface area contributed by atoms with Crippen LogP contribution in [-0.4, -0.2) is 24.9 Å². The van der Waals surface area contributed by atoms with Gasteiger partial charge in [0.1, 0.15) is 5.82 Å². The van der Waals surface area contributed by atoms with E-state index >= 15 is 0 Å².